The van der Waals surface area contributed by atoms with Gasteiger partial charge in [0, 0.05) is 16.2 Å². The molecule has 0 aromatic heterocycles. The highest BCUT2D eigenvalue weighted by Gasteiger charge is 2.31. The van der Waals surface area contributed by atoms with E-state index in [2.05, 4.69) is 27.9 Å². The Bertz CT molecular complexity index is 1120. The lowest BCUT2D eigenvalue weighted by Crippen LogP contribution is -2.52. The number of rotatable bonds is 10. The molecule has 0 aliphatic heterocycles. The van der Waals surface area contributed by atoms with Crippen LogP contribution in [0.4, 0.5) is 5.69 Å². The molecule has 190 valence electrons. The summed E-state index contributed by atoms with van der Waals surface area (Å²) in [6.07, 6.45) is 5.09. The van der Waals surface area contributed by atoms with E-state index in [4.69, 9.17) is 4.74 Å². The number of benzene rings is 2. The molecule has 35 heavy (non-hydrogen) atoms. The van der Waals surface area contributed by atoms with Gasteiger partial charge < -0.3 is 15.0 Å². The first-order chi connectivity index (χ1) is 16.6. The van der Waals surface area contributed by atoms with Crippen molar-refractivity contribution in [3.8, 4) is 5.75 Å². The maximum atomic E-state index is 13.6. The number of anilines is 1. The molecular formula is C25H32IN3O5S. The Morgan fingerprint density at radius 2 is 1.69 bits per heavy atom. The molecule has 1 aliphatic rings. The zero-order valence-corrected chi connectivity index (χ0v) is 23.2. The molecule has 2 aromatic carbocycles. The molecule has 0 bridgehead atoms. The number of methoxy groups -OCH3 is 1. The highest BCUT2D eigenvalue weighted by molar-refractivity contribution is 14.1. The fourth-order valence-electron chi connectivity index (χ4n) is 4.12. The van der Waals surface area contributed by atoms with Crippen molar-refractivity contribution >= 4 is 50.1 Å². The molecule has 0 spiro atoms. The first-order valence-corrected chi connectivity index (χ1v) is 14.5. The number of carbonyl (C=O) groups is 2. The third-order valence-corrected chi connectivity index (χ3v) is 8.03. The molecule has 2 amide bonds. The Hall–Kier alpha value is -2.34. The van der Waals surface area contributed by atoms with Crippen LogP contribution in [0.3, 0.4) is 0 Å². The fourth-order valence-corrected chi connectivity index (χ4v) is 5.33. The second kappa shape index (κ2) is 12.1. The Morgan fingerprint density at radius 3 is 2.23 bits per heavy atom. The van der Waals surface area contributed by atoms with Gasteiger partial charge in [0.05, 0.1) is 19.1 Å². The number of carbonyl (C=O) groups excluding carboxylic acids is 2. The number of amides is 2. The molecule has 1 fully saturated rings. The van der Waals surface area contributed by atoms with Gasteiger partial charge in [0.2, 0.25) is 21.8 Å². The monoisotopic (exact) mass is 613 g/mol. The summed E-state index contributed by atoms with van der Waals surface area (Å²) < 4.78 is 32.4. The number of halogens is 1. The number of nitrogens with zero attached hydrogens (tertiary/aromatic N) is 2. The molecular weight excluding hydrogens is 581 g/mol. The van der Waals surface area contributed by atoms with Crippen LogP contribution in [0.1, 0.15) is 38.2 Å². The number of hydrogen-bond acceptors (Lipinski definition) is 5. The van der Waals surface area contributed by atoms with E-state index >= 15 is 0 Å². The summed E-state index contributed by atoms with van der Waals surface area (Å²) in [5.41, 5.74) is 1.20. The van der Waals surface area contributed by atoms with Crippen molar-refractivity contribution in [1.29, 1.82) is 0 Å². The topological polar surface area (TPSA) is 96.0 Å². The summed E-state index contributed by atoms with van der Waals surface area (Å²) in [7, 11) is -2.17. The van der Waals surface area contributed by atoms with Gasteiger partial charge in [-0.25, -0.2) is 8.42 Å². The Balaban J connectivity index is 1.86. The molecule has 1 atom stereocenters. The van der Waals surface area contributed by atoms with Crippen LogP contribution >= 0.6 is 22.6 Å². The SMILES string of the molecule is COc1ccc(CN(C(=O)CN(c2ccc(I)cc2)S(C)(=O)=O)C(C)C(=O)NC2CCCC2)cc1. The van der Waals surface area contributed by atoms with E-state index in [0.29, 0.717) is 11.4 Å². The van der Waals surface area contributed by atoms with E-state index in [0.717, 1.165) is 45.4 Å². The van der Waals surface area contributed by atoms with Gasteiger partial charge in [-0.2, -0.15) is 0 Å². The smallest absolute Gasteiger partial charge is 0.244 e. The molecule has 8 nitrogen and oxygen atoms in total. The molecule has 1 N–H and O–H groups in total. The largest absolute Gasteiger partial charge is 0.497 e. The first kappa shape index (κ1) is 27.3. The van der Waals surface area contributed by atoms with E-state index in [9.17, 15) is 18.0 Å². The van der Waals surface area contributed by atoms with E-state index in [-0.39, 0.29) is 18.5 Å². The van der Waals surface area contributed by atoms with Crippen LogP contribution in [-0.2, 0) is 26.2 Å². The lowest BCUT2D eigenvalue weighted by Gasteiger charge is -2.32. The Kier molecular flexibility index (Phi) is 9.40. The normalized spacial score (nSPS) is 14.9. The van der Waals surface area contributed by atoms with Gasteiger partial charge in [0.1, 0.15) is 18.3 Å². The summed E-state index contributed by atoms with van der Waals surface area (Å²) >= 11 is 2.13. The van der Waals surface area contributed by atoms with Gasteiger partial charge in [0.15, 0.2) is 0 Å². The fraction of sp³-hybridized carbons (Fsp3) is 0.440. The minimum Gasteiger partial charge on any atom is -0.497 e. The van der Waals surface area contributed by atoms with E-state index in [1.807, 2.05) is 12.1 Å². The van der Waals surface area contributed by atoms with Crippen LogP contribution in [-0.4, -0.2) is 57.1 Å². The number of ether oxygens (including phenoxy) is 1. The zero-order valence-electron chi connectivity index (χ0n) is 20.2. The lowest BCUT2D eigenvalue weighted by atomic mass is 10.1. The molecule has 1 aliphatic carbocycles. The van der Waals surface area contributed by atoms with E-state index < -0.39 is 28.5 Å². The highest BCUT2D eigenvalue weighted by Crippen LogP contribution is 2.22. The molecule has 2 aromatic rings. The second-order valence-corrected chi connectivity index (χ2v) is 11.9. The molecule has 0 heterocycles. The third kappa shape index (κ3) is 7.57. The van der Waals surface area contributed by atoms with Gasteiger partial charge in [-0.15, -0.1) is 0 Å². The predicted octanol–water partition coefficient (Wildman–Crippen LogP) is 3.54. The minimum absolute atomic E-state index is 0.113. The molecule has 0 radical (unpaired) electrons. The summed E-state index contributed by atoms with van der Waals surface area (Å²) in [6.45, 7) is 1.43. The quantitative estimate of drug-likeness (QED) is 0.414. The molecule has 3 rings (SSSR count). The molecule has 10 heteroatoms. The molecule has 0 saturated heterocycles. The Morgan fingerprint density at radius 1 is 1.09 bits per heavy atom. The van der Waals surface area contributed by atoms with Crippen LogP contribution in [0.15, 0.2) is 48.5 Å². The predicted molar refractivity (Wildman–Crippen MR) is 145 cm³/mol. The van der Waals surface area contributed by atoms with Crippen molar-refractivity contribution in [3.63, 3.8) is 0 Å². The number of hydrogen-bond donors (Lipinski definition) is 1. The van der Waals surface area contributed by atoms with Crippen molar-refractivity contribution in [3.05, 3.63) is 57.7 Å². The van der Waals surface area contributed by atoms with Gasteiger partial charge in [0.25, 0.3) is 0 Å². The van der Waals surface area contributed by atoms with Gasteiger partial charge in [-0.05, 0) is 84.3 Å². The summed E-state index contributed by atoms with van der Waals surface area (Å²) in [5, 5.41) is 3.05. The summed E-state index contributed by atoms with van der Waals surface area (Å²) in [5.74, 6) is -0.0154. The minimum atomic E-state index is -3.74. The van der Waals surface area contributed by atoms with Crippen LogP contribution in [0, 0.1) is 3.57 Å². The van der Waals surface area contributed by atoms with Crippen molar-refractivity contribution < 1.29 is 22.7 Å². The van der Waals surface area contributed by atoms with Crippen LogP contribution in [0.2, 0.25) is 0 Å². The lowest BCUT2D eigenvalue weighted by molar-refractivity contribution is -0.139. The maximum Gasteiger partial charge on any atom is 0.244 e. The molecule has 1 unspecified atom stereocenters. The Labute approximate surface area is 221 Å². The average molecular weight is 614 g/mol. The van der Waals surface area contributed by atoms with Crippen LogP contribution in [0.25, 0.3) is 0 Å². The highest BCUT2D eigenvalue weighted by atomic mass is 127. The summed E-state index contributed by atoms with van der Waals surface area (Å²) in [4.78, 5) is 28.1. The third-order valence-electron chi connectivity index (χ3n) is 6.17. The number of nitrogens with one attached hydrogen (secondary N) is 1. The first-order valence-electron chi connectivity index (χ1n) is 11.5. The summed E-state index contributed by atoms with van der Waals surface area (Å²) in [6, 6.07) is 13.5. The van der Waals surface area contributed by atoms with Crippen LogP contribution in [0.5, 0.6) is 5.75 Å². The van der Waals surface area contributed by atoms with Gasteiger partial charge in [-0.3, -0.25) is 13.9 Å². The standard InChI is InChI=1S/C25H32IN3O5S/c1-18(25(31)27-21-6-4-5-7-21)28(16-19-8-14-23(34-2)15-9-19)24(30)17-29(35(3,32)33)22-12-10-20(26)11-13-22/h8-15,18,21H,4-7,16-17H2,1-3H3,(H,27,31). The van der Waals surface area contributed by atoms with Gasteiger partial charge in [-0.1, -0.05) is 25.0 Å². The van der Waals surface area contributed by atoms with Crippen molar-refractivity contribution in [2.75, 3.05) is 24.2 Å². The number of sulfonamides is 1. The van der Waals surface area contributed by atoms with Crippen molar-refractivity contribution in [2.24, 2.45) is 0 Å². The zero-order chi connectivity index (χ0) is 25.6. The van der Waals surface area contributed by atoms with Crippen LogP contribution < -0.4 is 14.4 Å². The average Bonchev–Trinajstić information content (AvgIpc) is 3.34. The van der Waals surface area contributed by atoms with E-state index in [1.54, 1.807) is 50.4 Å². The molecule has 1 saturated carbocycles. The van der Waals surface area contributed by atoms with Crippen molar-refractivity contribution in [2.45, 2.75) is 51.2 Å². The second-order valence-electron chi connectivity index (χ2n) is 8.78. The van der Waals surface area contributed by atoms with Gasteiger partial charge >= 0.3 is 0 Å². The maximum absolute atomic E-state index is 13.6. The van der Waals surface area contributed by atoms with E-state index in [1.165, 1.54) is 4.90 Å². The van der Waals surface area contributed by atoms with Crippen molar-refractivity contribution in [1.82, 2.24) is 10.2 Å².